The fourth-order valence-electron chi connectivity index (χ4n) is 2.14. The summed E-state index contributed by atoms with van der Waals surface area (Å²) < 4.78 is 6.85. The molecule has 4 nitrogen and oxygen atoms in total. The molecule has 0 unspecified atom stereocenters. The van der Waals surface area contributed by atoms with Crippen molar-refractivity contribution in [3.05, 3.63) is 59.8 Å². The number of halogens is 1. The summed E-state index contributed by atoms with van der Waals surface area (Å²) in [6.45, 7) is 0. The van der Waals surface area contributed by atoms with E-state index in [0.29, 0.717) is 10.8 Å². The third-order valence-electron chi connectivity index (χ3n) is 3.28. The number of nitrogen functional groups attached to an aromatic ring is 1. The fourth-order valence-corrected chi connectivity index (χ4v) is 2.26. The highest BCUT2D eigenvalue weighted by Gasteiger charge is 2.11. The molecule has 0 aliphatic heterocycles. The van der Waals surface area contributed by atoms with Gasteiger partial charge in [0.2, 0.25) is 0 Å². The van der Waals surface area contributed by atoms with Crippen molar-refractivity contribution in [2.45, 2.75) is 0 Å². The summed E-state index contributed by atoms with van der Waals surface area (Å²) in [5.41, 5.74) is 8.96. The lowest BCUT2D eigenvalue weighted by Crippen LogP contribution is -2.02. The van der Waals surface area contributed by atoms with Crippen molar-refractivity contribution in [3.63, 3.8) is 0 Å². The van der Waals surface area contributed by atoms with Crippen LogP contribution in [0, 0.1) is 0 Å². The fraction of sp³-hybridized carbons (Fsp3) is 0.0625. The lowest BCUT2D eigenvalue weighted by Gasteiger charge is -2.06. The largest absolute Gasteiger partial charge is 0.497 e. The summed E-state index contributed by atoms with van der Waals surface area (Å²) in [5, 5.41) is 5.05. The SMILES string of the molecule is COc1ccc(-n2ncc(-c3ccc(Cl)cc3)c2N)cc1. The molecule has 2 aromatic carbocycles. The minimum Gasteiger partial charge on any atom is -0.497 e. The first-order valence-electron chi connectivity index (χ1n) is 6.43. The Hall–Kier alpha value is -2.46. The quantitative estimate of drug-likeness (QED) is 0.800. The van der Waals surface area contributed by atoms with Crippen LogP contribution in [-0.4, -0.2) is 16.9 Å². The number of ether oxygens (including phenoxy) is 1. The normalized spacial score (nSPS) is 10.6. The Morgan fingerprint density at radius 2 is 1.71 bits per heavy atom. The van der Waals surface area contributed by atoms with Gasteiger partial charge in [0.25, 0.3) is 0 Å². The van der Waals surface area contributed by atoms with Gasteiger partial charge in [-0.05, 0) is 42.0 Å². The molecular weight excluding hydrogens is 286 g/mol. The van der Waals surface area contributed by atoms with Gasteiger partial charge in [-0.25, -0.2) is 4.68 Å². The van der Waals surface area contributed by atoms with Gasteiger partial charge in [0.05, 0.1) is 19.0 Å². The van der Waals surface area contributed by atoms with Crippen LogP contribution in [0.2, 0.25) is 5.02 Å². The van der Waals surface area contributed by atoms with Gasteiger partial charge < -0.3 is 10.5 Å². The number of nitrogens with zero attached hydrogens (tertiary/aromatic N) is 2. The zero-order valence-corrected chi connectivity index (χ0v) is 12.2. The standard InChI is InChI=1S/C16H14ClN3O/c1-21-14-8-6-13(7-9-14)20-16(18)15(10-19-20)11-2-4-12(17)5-3-11/h2-10H,18H2,1H3. The van der Waals surface area contributed by atoms with Crippen molar-refractivity contribution in [3.8, 4) is 22.6 Å². The second-order valence-corrected chi connectivity index (χ2v) is 5.00. The van der Waals surface area contributed by atoms with Crippen LogP contribution in [0.3, 0.4) is 0 Å². The van der Waals surface area contributed by atoms with E-state index >= 15 is 0 Å². The van der Waals surface area contributed by atoms with Crippen LogP contribution in [0.5, 0.6) is 5.75 Å². The minimum absolute atomic E-state index is 0.586. The van der Waals surface area contributed by atoms with Crippen LogP contribution in [-0.2, 0) is 0 Å². The first-order valence-corrected chi connectivity index (χ1v) is 6.80. The molecule has 0 fully saturated rings. The second kappa shape index (κ2) is 5.50. The number of hydrogen-bond donors (Lipinski definition) is 1. The summed E-state index contributed by atoms with van der Waals surface area (Å²) in [5.74, 6) is 1.38. The topological polar surface area (TPSA) is 53.1 Å². The van der Waals surface area contributed by atoms with Crippen LogP contribution < -0.4 is 10.5 Å². The van der Waals surface area contributed by atoms with Crippen molar-refractivity contribution in [2.75, 3.05) is 12.8 Å². The van der Waals surface area contributed by atoms with Crippen molar-refractivity contribution in [1.82, 2.24) is 9.78 Å². The molecule has 21 heavy (non-hydrogen) atoms. The zero-order valence-electron chi connectivity index (χ0n) is 11.5. The highest BCUT2D eigenvalue weighted by molar-refractivity contribution is 6.30. The van der Waals surface area contributed by atoms with Crippen LogP contribution >= 0.6 is 11.6 Å². The average molecular weight is 300 g/mol. The van der Waals surface area contributed by atoms with Crippen LogP contribution in [0.25, 0.3) is 16.8 Å². The van der Waals surface area contributed by atoms with Crippen LogP contribution in [0.15, 0.2) is 54.7 Å². The second-order valence-electron chi connectivity index (χ2n) is 4.56. The van der Waals surface area contributed by atoms with Crippen LogP contribution in [0.1, 0.15) is 0 Å². The molecule has 0 atom stereocenters. The minimum atomic E-state index is 0.586. The van der Waals surface area contributed by atoms with Crippen molar-refractivity contribution >= 4 is 17.4 Å². The molecule has 0 aliphatic rings. The van der Waals surface area contributed by atoms with E-state index in [9.17, 15) is 0 Å². The molecule has 0 amide bonds. The van der Waals surface area contributed by atoms with Gasteiger partial charge in [0, 0.05) is 10.6 Å². The Kier molecular flexibility index (Phi) is 3.54. The molecular formula is C16H14ClN3O. The number of anilines is 1. The van der Waals surface area contributed by atoms with Crippen molar-refractivity contribution < 1.29 is 4.74 Å². The van der Waals surface area contributed by atoms with Gasteiger partial charge in [-0.15, -0.1) is 0 Å². The van der Waals surface area contributed by atoms with Crippen molar-refractivity contribution in [1.29, 1.82) is 0 Å². The molecule has 3 aromatic rings. The Balaban J connectivity index is 2.00. The number of nitrogens with two attached hydrogens (primary N) is 1. The number of benzene rings is 2. The molecule has 0 aliphatic carbocycles. The van der Waals surface area contributed by atoms with Gasteiger partial charge in [0.15, 0.2) is 0 Å². The van der Waals surface area contributed by atoms with E-state index in [0.717, 1.165) is 22.6 Å². The van der Waals surface area contributed by atoms with Crippen molar-refractivity contribution in [2.24, 2.45) is 0 Å². The molecule has 0 bridgehead atoms. The molecule has 5 heteroatoms. The predicted molar refractivity (Wildman–Crippen MR) is 85.0 cm³/mol. The molecule has 106 valence electrons. The molecule has 3 rings (SSSR count). The Bertz CT molecular complexity index is 748. The van der Waals surface area contributed by atoms with Gasteiger partial charge in [0.1, 0.15) is 11.6 Å². The van der Waals surface area contributed by atoms with Crippen LogP contribution in [0.4, 0.5) is 5.82 Å². The van der Waals surface area contributed by atoms with Gasteiger partial charge in [-0.3, -0.25) is 0 Å². The molecule has 0 radical (unpaired) electrons. The maximum Gasteiger partial charge on any atom is 0.135 e. The van der Waals surface area contributed by atoms with Gasteiger partial charge in [-0.2, -0.15) is 5.10 Å². The molecule has 0 spiro atoms. The monoisotopic (exact) mass is 299 g/mol. The Morgan fingerprint density at radius 3 is 2.33 bits per heavy atom. The maximum absolute atomic E-state index is 6.21. The zero-order chi connectivity index (χ0) is 14.8. The van der Waals surface area contributed by atoms with E-state index in [-0.39, 0.29) is 0 Å². The third kappa shape index (κ3) is 2.58. The summed E-state index contributed by atoms with van der Waals surface area (Å²) in [4.78, 5) is 0. The van der Waals surface area contributed by atoms with E-state index in [1.165, 1.54) is 0 Å². The Morgan fingerprint density at radius 1 is 1.05 bits per heavy atom. The Labute approximate surface area is 127 Å². The number of methoxy groups -OCH3 is 1. The highest BCUT2D eigenvalue weighted by atomic mass is 35.5. The first kappa shape index (κ1) is 13.5. The molecule has 1 heterocycles. The van der Waals surface area contributed by atoms with E-state index < -0.39 is 0 Å². The maximum atomic E-state index is 6.21. The lowest BCUT2D eigenvalue weighted by molar-refractivity contribution is 0.414. The molecule has 0 saturated heterocycles. The van der Waals surface area contributed by atoms with Gasteiger partial charge >= 0.3 is 0 Å². The van der Waals surface area contributed by atoms with E-state index in [2.05, 4.69) is 5.10 Å². The predicted octanol–water partition coefficient (Wildman–Crippen LogP) is 3.78. The molecule has 2 N–H and O–H groups in total. The summed E-state index contributed by atoms with van der Waals surface area (Å²) in [6.07, 6.45) is 1.75. The average Bonchev–Trinajstić information content (AvgIpc) is 2.90. The number of rotatable bonds is 3. The van der Waals surface area contributed by atoms with Gasteiger partial charge in [-0.1, -0.05) is 23.7 Å². The summed E-state index contributed by atoms with van der Waals surface area (Å²) in [6, 6.07) is 15.1. The lowest BCUT2D eigenvalue weighted by atomic mass is 10.1. The van der Waals surface area contributed by atoms with E-state index in [1.54, 1.807) is 18.0 Å². The van der Waals surface area contributed by atoms with E-state index in [4.69, 9.17) is 22.1 Å². The molecule has 0 saturated carbocycles. The highest BCUT2D eigenvalue weighted by Crippen LogP contribution is 2.29. The smallest absolute Gasteiger partial charge is 0.135 e. The van der Waals surface area contributed by atoms with E-state index in [1.807, 2.05) is 48.5 Å². The first-order chi connectivity index (χ1) is 10.2. The third-order valence-corrected chi connectivity index (χ3v) is 3.53. The number of aromatic nitrogens is 2. The number of hydrogen-bond acceptors (Lipinski definition) is 3. The molecule has 1 aromatic heterocycles. The summed E-state index contributed by atoms with van der Waals surface area (Å²) >= 11 is 5.90. The summed E-state index contributed by atoms with van der Waals surface area (Å²) in [7, 11) is 1.63.